The van der Waals surface area contributed by atoms with Crippen molar-refractivity contribution in [1.82, 2.24) is 9.88 Å². The van der Waals surface area contributed by atoms with Gasteiger partial charge in [0.15, 0.2) is 5.69 Å². The van der Waals surface area contributed by atoms with Gasteiger partial charge in [0.05, 0.1) is 3.79 Å². The number of thiophene rings is 1. The summed E-state index contributed by atoms with van der Waals surface area (Å²) in [6.45, 7) is 1.33. The molecule has 0 unspecified atom stereocenters. The minimum Gasteiger partial charge on any atom is -0.477 e. The topological polar surface area (TPSA) is 53.4 Å². The molecule has 0 aliphatic heterocycles. The van der Waals surface area contributed by atoms with Crippen LogP contribution in [0.15, 0.2) is 33.6 Å². The Morgan fingerprint density at radius 1 is 1.53 bits per heavy atom. The maximum Gasteiger partial charge on any atom is 0.354 e. The molecule has 100 valence electrons. The van der Waals surface area contributed by atoms with Gasteiger partial charge >= 0.3 is 5.97 Å². The lowest BCUT2D eigenvalue weighted by Crippen LogP contribution is -2.19. The van der Waals surface area contributed by atoms with E-state index in [9.17, 15) is 4.79 Å². The highest BCUT2D eigenvalue weighted by Crippen LogP contribution is 2.22. The van der Waals surface area contributed by atoms with Crippen molar-refractivity contribution in [3.05, 3.63) is 50.4 Å². The Labute approximate surface area is 123 Å². The number of hydrogen-bond donors (Lipinski definition) is 1. The van der Waals surface area contributed by atoms with Crippen LogP contribution in [0.1, 0.15) is 21.6 Å². The Bertz CT molecular complexity index is 586. The van der Waals surface area contributed by atoms with Crippen LogP contribution < -0.4 is 0 Å². The van der Waals surface area contributed by atoms with Gasteiger partial charge in [0.2, 0.25) is 0 Å². The molecule has 2 aromatic heterocycles. The predicted octanol–water partition coefficient (Wildman–Crippen LogP) is 3.24. The summed E-state index contributed by atoms with van der Waals surface area (Å²) < 4.78 is 1.10. The fraction of sp³-hybridized carbons (Fsp3) is 0.231. The molecule has 0 atom stereocenters. The maximum atomic E-state index is 11.1. The molecule has 0 fully saturated rings. The summed E-state index contributed by atoms with van der Waals surface area (Å²) >= 11 is 5.08. The average Bonchev–Trinajstić information content (AvgIpc) is 2.75. The van der Waals surface area contributed by atoms with Crippen LogP contribution in [-0.4, -0.2) is 28.0 Å². The van der Waals surface area contributed by atoms with Crippen LogP contribution in [0.4, 0.5) is 0 Å². The number of nitrogens with zero attached hydrogens (tertiary/aromatic N) is 2. The van der Waals surface area contributed by atoms with E-state index in [4.69, 9.17) is 5.11 Å². The first kappa shape index (κ1) is 14.2. The van der Waals surface area contributed by atoms with Crippen molar-refractivity contribution in [2.45, 2.75) is 13.1 Å². The van der Waals surface area contributed by atoms with Gasteiger partial charge in [-0.2, -0.15) is 0 Å². The predicted molar refractivity (Wildman–Crippen MR) is 78.4 cm³/mol. The van der Waals surface area contributed by atoms with Crippen LogP contribution in [0.2, 0.25) is 0 Å². The quantitative estimate of drug-likeness (QED) is 0.907. The summed E-state index contributed by atoms with van der Waals surface area (Å²) in [6, 6.07) is 5.63. The van der Waals surface area contributed by atoms with Crippen LogP contribution in [0.5, 0.6) is 0 Å². The molecular weight excluding hydrogens is 328 g/mol. The van der Waals surface area contributed by atoms with E-state index in [-0.39, 0.29) is 5.69 Å². The summed E-state index contributed by atoms with van der Waals surface area (Å²) in [6.07, 6.45) is 1.50. The molecule has 2 heterocycles. The molecular formula is C13H13BrN2O2S. The molecule has 6 heteroatoms. The summed E-state index contributed by atoms with van der Waals surface area (Å²) in [7, 11) is 1.96. The molecule has 0 aliphatic carbocycles. The largest absolute Gasteiger partial charge is 0.477 e. The van der Waals surface area contributed by atoms with Gasteiger partial charge in [-0.15, -0.1) is 11.3 Å². The van der Waals surface area contributed by atoms with E-state index in [0.29, 0.717) is 6.54 Å². The van der Waals surface area contributed by atoms with Crippen molar-refractivity contribution in [2.24, 2.45) is 0 Å². The van der Waals surface area contributed by atoms with Crippen molar-refractivity contribution in [3.8, 4) is 0 Å². The van der Waals surface area contributed by atoms with Crippen molar-refractivity contribution in [3.63, 3.8) is 0 Å². The van der Waals surface area contributed by atoms with Crippen molar-refractivity contribution < 1.29 is 9.90 Å². The first-order valence-electron chi connectivity index (χ1n) is 5.65. The Kier molecular flexibility index (Phi) is 4.68. The molecule has 0 aliphatic rings. The lowest BCUT2D eigenvalue weighted by molar-refractivity contribution is 0.0688. The molecule has 0 saturated carbocycles. The zero-order valence-electron chi connectivity index (χ0n) is 10.3. The first-order chi connectivity index (χ1) is 9.06. The molecule has 1 N–H and O–H groups in total. The van der Waals surface area contributed by atoms with E-state index in [1.807, 2.05) is 7.05 Å². The van der Waals surface area contributed by atoms with Crippen molar-refractivity contribution in [2.75, 3.05) is 7.05 Å². The second kappa shape index (κ2) is 6.27. The molecule has 4 nitrogen and oxygen atoms in total. The van der Waals surface area contributed by atoms with Gasteiger partial charge in [0, 0.05) is 19.3 Å². The van der Waals surface area contributed by atoms with E-state index in [2.05, 4.69) is 37.3 Å². The second-order valence-corrected chi connectivity index (χ2v) is 6.54. The van der Waals surface area contributed by atoms with E-state index >= 15 is 0 Å². The van der Waals surface area contributed by atoms with Gasteiger partial charge in [0.1, 0.15) is 0 Å². The molecule has 2 rings (SSSR count). The summed E-state index contributed by atoms with van der Waals surface area (Å²) in [5, 5.41) is 11.2. The van der Waals surface area contributed by atoms with Gasteiger partial charge in [-0.1, -0.05) is 6.07 Å². The second-order valence-electron chi connectivity index (χ2n) is 4.25. The summed E-state index contributed by atoms with van der Waals surface area (Å²) in [4.78, 5) is 17.1. The minimum absolute atomic E-state index is 0.126. The number of carboxylic acids is 1. The van der Waals surface area contributed by atoms with Gasteiger partial charge in [-0.3, -0.25) is 4.90 Å². The Hall–Kier alpha value is -1.24. The third-order valence-electron chi connectivity index (χ3n) is 2.61. The fourth-order valence-electron chi connectivity index (χ4n) is 1.85. The van der Waals surface area contributed by atoms with Crippen molar-refractivity contribution in [1.29, 1.82) is 0 Å². The summed E-state index contributed by atoms with van der Waals surface area (Å²) in [5.74, 6) is -0.984. The lowest BCUT2D eigenvalue weighted by atomic mass is 10.1. The number of aromatic carboxylic acids is 1. The third kappa shape index (κ3) is 3.86. The molecule has 0 radical (unpaired) electrons. The van der Waals surface area contributed by atoms with Crippen LogP contribution in [0.3, 0.4) is 0 Å². The molecule has 0 bridgehead atoms. The minimum atomic E-state index is -0.984. The third-order valence-corrected chi connectivity index (χ3v) is 4.16. The molecule has 0 spiro atoms. The lowest BCUT2D eigenvalue weighted by Gasteiger charge is -2.16. The number of carbonyl (C=O) groups is 1. The standard InChI is InChI=1S/C13H13BrN2O2S/c1-16(6-9-5-11(14)19-8-9)7-10-3-2-4-15-12(10)13(17)18/h2-5,8H,6-7H2,1H3,(H,17,18). The normalized spacial score (nSPS) is 10.9. The molecule has 0 amide bonds. The fourth-order valence-corrected chi connectivity index (χ4v) is 3.05. The average molecular weight is 341 g/mol. The van der Waals surface area contributed by atoms with Gasteiger partial charge in [-0.05, 0) is 51.6 Å². The zero-order chi connectivity index (χ0) is 13.8. The van der Waals surface area contributed by atoms with E-state index < -0.39 is 5.97 Å². The van der Waals surface area contributed by atoms with Crippen LogP contribution >= 0.6 is 27.3 Å². The molecule has 19 heavy (non-hydrogen) atoms. The zero-order valence-corrected chi connectivity index (χ0v) is 12.7. The van der Waals surface area contributed by atoms with Crippen LogP contribution in [0.25, 0.3) is 0 Å². The first-order valence-corrected chi connectivity index (χ1v) is 7.32. The van der Waals surface area contributed by atoms with Gasteiger partial charge in [-0.25, -0.2) is 9.78 Å². The SMILES string of the molecule is CN(Cc1csc(Br)c1)Cc1cccnc1C(=O)O. The number of rotatable bonds is 5. The Morgan fingerprint density at radius 3 is 2.95 bits per heavy atom. The number of aromatic nitrogens is 1. The van der Waals surface area contributed by atoms with E-state index in [1.165, 1.54) is 11.8 Å². The smallest absolute Gasteiger partial charge is 0.354 e. The number of hydrogen-bond acceptors (Lipinski definition) is 4. The summed E-state index contributed by atoms with van der Waals surface area (Å²) in [5.41, 5.74) is 2.06. The number of carboxylic acid groups (broad SMARTS) is 1. The van der Waals surface area contributed by atoms with E-state index in [0.717, 1.165) is 15.9 Å². The van der Waals surface area contributed by atoms with Crippen molar-refractivity contribution >= 4 is 33.2 Å². The van der Waals surface area contributed by atoms with E-state index in [1.54, 1.807) is 23.5 Å². The van der Waals surface area contributed by atoms with Crippen LogP contribution in [-0.2, 0) is 13.1 Å². The number of halogens is 1. The highest BCUT2D eigenvalue weighted by Gasteiger charge is 2.12. The number of pyridine rings is 1. The van der Waals surface area contributed by atoms with Gasteiger partial charge in [0.25, 0.3) is 0 Å². The highest BCUT2D eigenvalue weighted by atomic mass is 79.9. The maximum absolute atomic E-state index is 11.1. The molecule has 0 aromatic carbocycles. The molecule has 2 aromatic rings. The monoisotopic (exact) mass is 340 g/mol. The molecule has 0 saturated heterocycles. The Balaban J connectivity index is 2.06. The Morgan fingerprint density at radius 2 is 2.32 bits per heavy atom. The van der Waals surface area contributed by atoms with Gasteiger partial charge < -0.3 is 5.11 Å². The highest BCUT2D eigenvalue weighted by molar-refractivity contribution is 9.11. The van der Waals surface area contributed by atoms with Crippen LogP contribution in [0, 0.1) is 0 Å².